The molecule has 0 aliphatic carbocycles. The summed E-state index contributed by atoms with van der Waals surface area (Å²) in [4.78, 5) is 27.8. The largest absolute Gasteiger partial charge is 0.619 e. The highest BCUT2D eigenvalue weighted by molar-refractivity contribution is 6.30. The third-order valence-corrected chi connectivity index (χ3v) is 3.49. The van der Waals surface area contributed by atoms with Crippen LogP contribution in [-0.2, 0) is 0 Å². The Morgan fingerprint density at radius 2 is 1.96 bits per heavy atom. The van der Waals surface area contributed by atoms with E-state index in [0.29, 0.717) is 28.3 Å². The van der Waals surface area contributed by atoms with Crippen LogP contribution in [0.1, 0.15) is 34.2 Å². The summed E-state index contributed by atoms with van der Waals surface area (Å²) in [6.45, 7) is 2.22. The van der Waals surface area contributed by atoms with Gasteiger partial charge in [0.1, 0.15) is 5.69 Å². The van der Waals surface area contributed by atoms with Crippen molar-refractivity contribution in [2.45, 2.75) is 19.4 Å². The molecule has 0 aromatic carbocycles. The molecule has 2 aromatic rings. The molecule has 2 heterocycles. The maximum Gasteiger partial charge on any atom is 0.269 e. The molecule has 2 N–H and O–H groups in total. The number of nitrogens with one attached hydrogen (secondary N) is 2. The van der Waals surface area contributed by atoms with E-state index in [4.69, 9.17) is 11.6 Å². The first-order valence-corrected chi connectivity index (χ1v) is 7.73. The van der Waals surface area contributed by atoms with E-state index in [1.54, 1.807) is 12.1 Å². The molecule has 8 heteroatoms. The van der Waals surface area contributed by atoms with Gasteiger partial charge in [-0.1, -0.05) is 11.6 Å². The minimum Gasteiger partial charge on any atom is -0.619 e. The normalized spacial score (nSPS) is 11.6. The van der Waals surface area contributed by atoms with E-state index < -0.39 is 0 Å². The smallest absolute Gasteiger partial charge is 0.269 e. The third kappa shape index (κ3) is 5.20. The van der Waals surface area contributed by atoms with Crippen LogP contribution in [0.2, 0.25) is 5.02 Å². The quantitative estimate of drug-likeness (QED) is 0.607. The Morgan fingerprint density at radius 3 is 2.58 bits per heavy atom. The molecular weight excluding hydrogens is 332 g/mol. The molecule has 2 rings (SSSR count). The monoisotopic (exact) mass is 348 g/mol. The molecule has 2 aromatic heterocycles. The molecule has 0 aliphatic heterocycles. The van der Waals surface area contributed by atoms with Crippen molar-refractivity contribution < 1.29 is 14.3 Å². The Bertz CT molecular complexity index is 704. The van der Waals surface area contributed by atoms with Gasteiger partial charge in [0.2, 0.25) is 0 Å². The fourth-order valence-electron chi connectivity index (χ4n) is 1.95. The van der Waals surface area contributed by atoms with E-state index in [1.165, 1.54) is 30.7 Å². The molecule has 126 valence electrons. The highest BCUT2D eigenvalue weighted by atomic mass is 35.5. The fraction of sp³-hybridized carbons (Fsp3) is 0.250. The van der Waals surface area contributed by atoms with Crippen LogP contribution in [0.5, 0.6) is 0 Å². The molecule has 0 bridgehead atoms. The lowest BCUT2D eigenvalue weighted by molar-refractivity contribution is -0.605. The number of nitrogens with zero attached hydrogens (tertiary/aromatic N) is 2. The van der Waals surface area contributed by atoms with E-state index >= 15 is 0 Å². The second-order valence-electron chi connectivity index (χ2n) is 5.23. The number of hydrogen-bond acceptors (Lipinski definition) is 4. The number of hydrogen-bond donors (Lipinski definition) is 2. The first-order valence-electron chi connectivity index (χ1n) is 7.35. The highest BCUT2D eigenvalue weighted by Crippen LogP contribution is 2.06. The Morgan fingerprint density at radius 1 is 1.25 bits per heavy atom. The van der Waals surface area contributed by atoms with Gasteiger partial charge >= 0.3 is 0 Å². The average Bonchev–Trinajstić information content (AvgIpc) is 2.55. The van der Waals surface area contributed by atoms with Gasteiger partial charge in [-0.2, -0.15) is 4.73 Å². The van der Waals surface area contributed by atoms with Gasteiger partial charge in [0, 0.05) is 30.9 Å². The van der Waals surface area contributed by atoms with Crippen molar-refractivity contribution in [2.24, 2.45) is 0 Å². The minimum absolute atomic E-state index is 0.143. The number of aromatic nitrogens is 2. The maximum absolute atomic E-state index is 12.0. The molecular formula is C16H17ClN4O3. The predicted molar refractivity (Wildman–Crippen MR) is 88.5 cm³/mol. The lowest BCUT2D eigenvalue weighted by Gasteiger charge is -2.14. The molecule has 0 saturated heterocycles. The van der Waals surface area contributed by atoms with Crippen LogP contribution in [-0.4, -0.2) is 29.4 Å². The van der Waals surface area contributed by atoms with Crippen molar-refractivity contribution in [3.63, 3.8) is 0 Å². The van der Waals surface area contributed by atoms with Crippen molar-refractivity contribution >= 4 is 23.4 Å². The molecule has 2 amide bonds. The molecule has 7 nitrogen and oxygen atoms in total. The van der Waals surface area contributed by atoms with E-state index in [0.717, 1.165) is 0 Å². The summed E-state index contributed by atoms with van der Waals surface area (Å²) >= 11 is 5.72. The van der Waals surface area contributed by atoms with Crippen LogP contribution < -0.4 is 15.4 Å². The zero-order valence-electron chi connectivity index (χ0n) is 13.0. The highest BCUT2D eigenvalue weighted by Gasteiger charge is 2.12. The molecule has 1 unspecified atom stereocenters. The lowest BCUT2D eigenvalue weighted by atomic mass is 10.2. The van der Waals surface area contributed by atoms with E-state index in [1.807, 2.05) is 6.92 Å². The molecule has 0 spiro atoms. The van der Waals surface area contributed by atoms with Gasteiger partial charge < -0.3 is 15.8 Å². The van der Waals surface area contributed by atoms with Gasteiger partial charge in [0.15, 0.2) is 12.4 Å². The number of rotatable bonds is 6. The Hall–Kier alpha value is -2.67. The summed E-state index contributed by atoms with van der Waals surface area (Å²) < 4.78 is 0.612. The van der Waals surface area contributed by atoms with E-state index in [-0.39, 0.29) is 23.6 Å². The summed E-state index contributed by atoms with van der Waals surface area (Å²) in [5.41, 5.74) is 0.689. The lowest BCUT2D eigenvalue weighted by Crippen LogP contribution is -2.36. The fourth-order valence-corrected chi connectivity index (χ4v) is 2.06. The molecule has 24 heavy (non-hydrogen) atoms. The predicted octanol–water partition coefficient (Wildman–Crippen LogP) is 1.31. The van der Waals surface area contributed by atoms with Crippen molar-refractivity contribution in [2.75, 3.05) is 6.54 Å². The molecule has 0 aliphatic rings. The van der Waals surface area contributed by atoms with Crippen LogP contribution in [0, 0.1) is 5.21 Å². The summed E-state index contributed by atoms with van der Waals surface area (Å²) in [7, 11) is 0. The average molecular weight is 349 g/mol. The van der Waals surface area contributed by atoms with Crippen molar-refractivity contribution in [3.8, 4) is 0 Å². The summed E-state index contributed by atoms with van der Waals surface area (Å²) in [6, 6.07) is 5.89. The first-order chi connectivity index (χ1) is 11.5. The Kier molecular flexibility index (Phi) is 6.08. The first kappa shape index (κ1) is 17.7. The summed E-state index contributed by atoms with van der Waals surface area (Å²) in [6.07, 6.45) is 4.49. The second-order valence-corrected chi connectivity index (χ2v) is 5.66. The Balaban J connectivity index is 1.75. The number of pyridine rings is 2. The Labute approximate surface area is 144 Å². The summed E-state index contributed by atoms with van der Waals surface area (Å²) in [5.74, 6) is -0.568. The van der Waals surface area contributed by atoms with Crippen molar-refractivity contribution in [3.05, 3.63) is 64.3 Å². The standard InChI is InChI=1S/C16H17ClN4O3/c1-11(20-15(22)12-5-8-21(24)9-6-12)4-7-18-16(23)14-3-2-13(17)10-19-14/h2-3,5-6,8-11H,4,7H2,1H3,(H,18,23)(H,20,22). The molecule has 1 atom stereocenters. The molecule has 0 radical (unpaired) electrons. The van der Waals surface area contributed by atoms with Gasteiger partial charge in [0.05, 0.1) is 10.6 Å². The summed E-state index contributed by atoms with van der Waals surface area (Å²) in [5, 5.41) is 16.9. The number of halogens is 1. The SMILES string of the molecule is CC(CCNC(=O)c1ccc(Cl)cn1)NC(=O)c1cc[n+]([O-])cc1. The van der Waals surface area contributed by atoms with Crippen LogP contribution in [0.3, 0.4) is 0 Å². The van der Waals surface area contributed by atoms with Crippen molar-refractivity contribution in [1.82, 2.24) is 15.6 Å². The second kappa shape index (κ2) is 8.26. The minimum atomic E-state index is -0.298. The van der Waals surface area contributed by atoms with Gasteiger partial charge in [-0.3, -0.25) is 9.59 Å². The van der Waals surface area contributed by atoms with Gasteiger partial charge in [-0.05, 0) is 25.5 Å². The molecule has 0 saturated carbocycles. The van der Waals surface area contributed by atoms with Crippen molar-refractivity contribution in [1.29, 1.82) is 0 Å². The maximum atomic E-state index is 12.0. The van der Waals surface area contributed by atoms with Gasteiger partial charge in [0.25, 0.3) is 11.8 Å². The number of amides is 2. The van der Waals surface area contributed by atoms with Gasteiger partial charge in [-0.15, -0.1) is 0 Å². The molecule has 0 fully saturated rings. The van der Waals surface area contributed by atoms with Crippen LogP contribution in [0.25, 0.3) is 0 Å². The zero-order valence-corrected chi connectivity index (χ0v) is 13.8. The van der Waals surface area contributed by atoms with Gasteiger partial charge in [-0.25, -0.2) is 4.98 Å². The number of carbonyl (C=O) groups is 2. The van der Waals surface area contributed by atoms with Crippen LogP contribution in [0.15, 0.2) is 42.9 Å². The van der Waals surface area contributed by atoms with E-state index in [2.05, 4.69) is 15.6 Å². The number of carbonyl (C=O) groups excluding carboxylic acids is 2. The topological polar surface area (TPSA) is 98.0 Å². The van der Waals surface area contributed by atoms with Crippen LogP contribution >= 0.6 is 11.6 Å². The van der Waals surface area contributed by atoms with Crippen LogP contribution in [0.4, 0.5) is 0 Å². The van der Waals surface area contributed by atoms with E-state index in [9.17, 15) is 14.8 Å². The zero-order chi connectivity index (χ0) is 17.5. The third-order valence-electron chi connectivity index (χ3n) is 3.26.